The predicted molar refractivity (Wildman–Crippen MR) is 93.7 cm³/mol. The van der Waals surface area contributed by atoms with E-state index in [0.717, 1.165) is 11.9 Å². The molecule has 1 heteroatoms. The normalized spacial score (nSPS) is 13.5. The van der Waals surface area contributed by atoms with Crippen molar-refractivity contribution in [2.75, 3.05) is 0 Å². The summed E-state index contributed by atoms with van der Waals surface area (Å²) >= 11 is 0. The van der Waals surface area contributed by atoms with Crippen LogP contribution in [0.3, 0.4) is 0 Å². The Balaban J connectivity index is 1.96. The van der Waals surface area contributed by atoms with Gasteiger partial charge in [-0.3, -0.25) is 4.98 Å². The molecule has 1 aliphatic rings. The summed E-state index contributed by atoms with van der Waals surface area (Å²) in [6.07, 6.45) is 5.35. The number of pyridine rings is 1. The van der Waals surface area contributed by atoms with Gasteiger partial charge in [-0.1, -0.05) is 68.0 Å². The van der Waals surface area contributed by atoms with Crippen molar-refractivity contribution in [1.82, 2.24) is 4.98 Å². The highest BCUT2D eigenvalue weighted by Crippen LogP contribution is 2.38. The Kier molecular flexibility index (Phi) is 3.07. The van der Waals surface area contributed by atoms with Crippen molar-refractivity contribution < 1.29 is 0 Å². The maximum Gasteiger partial charge on any atom is 0.0780 e. The molecule has 0 spiro atoms. The van der Waals surface area contributed by atoms with Crippen LogP contribution in [0.15, 0.2) is 60.3 Å². The van der Waals surface area contributed by atoms with Crippen LogP contribution in [0.1, 0.15) is 25.0 Å². The van der Waals surface area contributed by atoms with E-state index in [4.69, 9.17) is 0 Å². The summed E-state index contributed by atoms with van der Waals surface area (Å²) in [5, 5.41) is 1.20. The maximum atomic E-state index is 4.62. The molecule has 3 aromatic rings. The highest BCUT2D eigenvalue weighted by Gasteiger charge is 2.19. The van der Waals surface area contributed by atoms with E-state index in [1.807, 2.05) is 12.3 Å². The number of allylic oxidation sites excluding steroid dienone is 1. The summed E-state index contributed by atoms with van der Waals surface area (Å²) in [5.41, 5.74) is 7.97. The lowest BCUT2D eigenvalue weighted by Gasteiger charge is -2.10. The zero-order valence-electron chi connectivity index (χ0n) is 13.0. The minimum atomic E-state index is 0.603. The van der Waals surface area contributed by atoms with E-state index in [1.54, 1.807) is 0 Å². The Morgan fingerprint density at radius 2 is 1.68 bits per heavy atom. The first-order valence-electron chi connectivity index (χ1n) is 7.90. The number of fused-ring (bicyclic) bond motifs is 2. The van der Waals surface area contributed by atoms with Crippen molar-refractivity contribution in [1.29, 1.82) is 0 Å². The molecule has 0 saturated carbocycles. The molecule has 2 aromatic carbocycles. The molecule has 0 aliphatic heterocycles. The van der Waals surface area contributed by atoms with Gasteiger partial charge in [0.15, 0.2) is 0 Å². The van der Waals surface area contributed by atoms with Gasteiger partial charge in [-0.25, -0.2) is 0 Å². The lowest BCUT2D eigenvalue weighted by Crippen LogP contribution is -1.93. The molecular formula is C21H19N. The Labute approximate surface area is 131 Å². The van der Waals surface area contributed by atoms with Gasteiger partial charge in [0, 0.05) is 17.1 Å². The van der Waals surface area contributed by atoms with E-state index >= 15 is 0 Å². The average molecular weight is 285 g/mol. The monoisotopic (exact) mass is 285 g/mol. The Morgan fingerprint density at radius 1 is 0.909 bits per heavy atom. The molecule has 1 nitrogen and oxygen atoms in total. The van der Waals surface area contributed by atoms with Gasteiger partial charge in [-0.05, 0) is 35.1 Å². The van der Waals surface area contributed by atoms with E-state index in [9.17, 15) is 0 Å². The highest BCUT2D eigenvalue weighted by molar-refractivity contribution is 5.96. The summed E-state index contributed by atoms with van der Waals surface area (Å²) < 4.78 is 0. The second-order valence-corrected chi connectivity index (χ2v) is 6.31. The van der Waals surface area contributed by atoms with Crippen LogP contribution >= 0.6 is 0 Å². The number of nitrogens with zero attached hydrogens (tertiary/aromatic N) is 1. The first-order valence-corrected chi connectivity index (χ1v) is 7.90. The fraction of sp³-hybridized carbons (Fsp3) is 0.190. The molecule has 108 valence electrons. The van der Waals surface area contributed by atoms with Crippen LogP contribution in [-0.4, -0.2) is 4.98 Å². The molecular weight excluding hydrogens is 266 g/mol. The van der Waals surface area contributed by atoms with E-state index in [0.29, 0.717) is 5.92 Å². The summed E-state index contributed by atoms with van der Waals surface area (Å²) in [6.45, 7) is 4.55. The first-order chi connectivity index (χ1) is 10.7. The summed E-state index contributed by atoms with van der Waals surface area (Å²) in [6, 6.07) is 17.2. The zero-order chi connectivity index (χ0) is 15.1. The van der Waals surface area contributed by atoms with Gasteiger partial charge in [-0.2, -0.15) is 0 Å². The molecule has 0 fully saturated rings. The number of para-hydroxylation sites is 1. The minimum Gasteiger partial charge on any atom is -0.256 e. The molecule has 1 heterocycles. The van der Waals surface area contributed by atoms with Gasteiger partial charge in [-0.15, -0.1) is 0 Å². The number of aromatic nitrogens is 1. The molecule has 22 heavy (non-hydrogen) atoms. The number of benzene rings is 2. The van der Waals surface area contributed by atoms with Crippen molar-refractivity contribution in [2.24, 2.45) is 5.92 Å². The van der Waals surface area contributed by atoms with Crippen molar-refractivity contribution in [3.8, 4) is 11.1 Å². The van der Waals surface area contributed by atoms with Crippen LogP contribution in [0.25, 0.3) is 28.1 Å². The lowest BCUT2D eigenvalue weighted by atomic mass is 9.95. The Bertz CT molecular complexity index is 882. The highest BCUT2D eigenvalue weighted by atomic mass is 14.6. The van der Waals surface area contributed by atoms with Crippen LogP contribution in [0.5, 0.6) is 0 Å². The first kappa shape index (κ1) is 13.3. The second-order valence-electron chi connectivity index (χ2n) is 6.31. The zero-order valence-corrected chi connectivity index (χ0v) is 13.0. The Morgan fingerprint density at radius 3 is 2.55 bits per heavy atom. The fourth-order valence-electron chi connectivity index (χ4n) is 3.32. The van der Waals surface area contributed by atoms with Crippen LogP contribution in [-0.2, 0) is 6.42 Å². The maximum absolute atomic E-state index is 4.62. The molecule has 0 radical (unpaired) electrons. The molecule has 1 aromatic heterocycles. The van der Waals surface area contributed by atoms with Crippen LogP contribution < -0.4 is 0 Å². The van der Waals surface area contributed by atoms with Crippen molar-refractivity contribution in [3.63, 3.8) is 0 Å². The second kappa shape index (κ2) is 5.10. The SMILES string of the molecule is CC(C)C1=Cc2c(cccc2-c2cccc3cccnc23)C1. The van der Waals surface area contributed by atoms with E-state index in [2.05, 4.69) is 67.4 Å². The van der Waals surface area contributed by atoms with E-state index < -0.39 is 0 Å². The van der Waals surface area contributed by atoms with Crippen LogP contribution in [0, 0.1) is 5.92 Å². The average Bonchev–Trinajstić information content (AvgIpc) is 2.99. The minimum absolute atomic E-state index is 0.603. The molecule has 0 amide bonds. The van der Waals surface area contributed by atoms with Gasteiger partial charge in [0.05, 0.1) is 5.52 Å². The van der Waals surface area contributed by atoms with Gasteiger partial charge in [0.1, 0.15) is 0 Å². The molecule has 0 atom stereocenters. The van der Waals surface area contributed by atoms with E-state index in [-0.39, 0.29) is 0 Å². The van der Waals surface area contributed by atoms with Crippen molar-refractivity contribution in [3.05, 3.63) is 71.4 Å². The van der Waals surface area contributed by atoms with Crippen molar-refractivity contribution >= 4 is 17.0 Å². The van der Waals surface area contributed by atoms with Gasteiger partial charge in [0.25, 0.3) is 0 Å². The molecule has 0 saturated heterocycles. The number of hydrogen-bond donors (Lipinski definition) is 0. The van der Waals surface area contributed by atoms with Gasteiger partial charge >= 0.3 is 0 Å². The number of rotatable bonds is 2. The predicted octanol–water partition coefficient (Wildman–Crippen LogP) is 5.50. The van der Waals surface area contributed by atoms with Crippen molar-refractivity contribution in [2.45, 2.75) is 20.3 Å². The molecule has 0 bridgehead atoms. The smallest absolute Gasteiger partial charge is 0.0780 e. The van der Waals surface area contributed by atoms with E-state index in [1.165, 1.54) is 33.2 Å². The lowest BCUT2D eigenvalue weighted by molar-refractivity contribution is 0.754. The van der Waals surface area contributed by atoms with Crippen LogP contribution in [0.4, 0.5) is 0 Å². The molecule has 0 unspecified atom stereocenters. The van der Waals surface area contributed by atoms with Gasteiger partial charge in [0.2, 0.25) is 0 Å². The summed E-state index contributed by atoms with van der Waals surface area (Å²) in [4.78, 5) is 4.62. The largest absolute Gasteiger partial charge is 0.256 e. The summed E-state index contributed by atoms with van der Waals surface area (Å²) in [7, 11) is 0. The standard InChI is InChI=1S/C21H19N/c1-14(2)17-12-16-7-4-9-18(20(16)13-17)19-10-3-6-15-8-5-11-22-21(15)19/h3-11,13-14H,12H2,1-2H3. The third-order valence-corrected chi connectivity index (χ3v) is 4.59. The third kappa shape index (κ3) is 2.05. The quantitative estimate of drug-likeness (QED) is 0.606. The topological polar surface area (TPSA) is 12.9 Å². The molecule has 0 N–H and O–H groups in total. The molecule has 1 aliphatic carbocycles. The summed E-state index contributed by atoms with van der Waals surface area (Å²) in [5.74, 6) is 0.603. The number of hydrogen-bond acceptors (Lipinski definition) is 1. The van der Waals surface area contributed by atoms with Gasteiger partial charge < -0.3 is 0 Å². The fourth-order valence-corrected chi connectivity index (χ4v) is 3.32. The molecule has 4 rings (SSSR count). The van der Waals surface area contributed by atoms with Crippen LogP contribution in [0.2, 0.25) is 0 Å². The third-order valence-electron chi connectivity index (χ3n) is 4.59. The Hall–Kier alpha value is -2.41.